The van der Waals surface area contributed by atoms with Gasteiger partial charge in [-0.25, -0.2) is 4.79 Å². The third-order valence-electron chi connectivity index (χ3n) is 5.53. The lowest BCUT2D eigenvalue weighted by molar-refractivity contribution is -0.145. The average Bonchev–Trinajstić information content (AvgIpc) is 2.71. The Morgan fingerprint density at radius 2 is 2.00 bits per heavy atom. The second-order valence-electron chi connectivity index (χ2n) is 7.89. The molecule has 2 aromatic rings. The number of hydrogen-bond donors (Lipinski definition) is 1. The molecule has 7 nitrogen and oxygen atoms in total. The van der Waals surface area contributed by atoms with Crippen molar-refractivity contribution in [3.05, 3.63) is 51.9 Å². The number of ether oxygens (including phenoxy) is 1. The van der Waals surface area contributed by atoms with Gasteiger partial charge in [-0.05, 0) is 56.4 Å². The number of carboxylic acid groups (broad SMARTS) is 1. The Kier molecular flexibility index (Phi) is 6.59. The number of piperidine rings is 1. The van der Waals surface area contributed by atoms with Crippen molar-refractivity contribution in [2.24, 2.45) is 5.92 Å². The molecule has 1 N–H and O–H groups in total. The molecule has 0 spiro atoms. The highest BCUT2D eigenvalue weighted by molar-refractivity contribution is 5.83. The zero-order chi connectivity index (χ0) is 21.8. The van der Waals surface area contributed by atoms with Crippen LogP contribution in [0.25, 0.3) is 11.0 Å². The van der Waals surface area contributed by atoms with Crippen LogP contribution in [0.4, 0.5) is 0 Å². The fourth-order valence-corrected chi connectivity index (χ4v) is 3.73. The summed E-state index contributed by atoms with van der Waals surface area (Å²) in [5.41, 5.74) is 2.17. The van der Waals surface area contributed by atoms with Crippen LogP contribution in [0.15, 0.2) is 39.6 Å². The molecule has 7 heteroatoms. The molecule has 1 aliphatic rings. The summed E-state index contributed by atoms with van der Waals surface area (Å²) in [6.07, 6.45) is 1.41. The highest BCUT2D eigenvalue weighted by Crippen LogP contribution is 2.25. The summed E-state index contributed by atoms with van der Waals surface area (Å²) in [5.74, 6) is -0.658. The van der Waals surface area contributed by atoms with Crippen molar-refractivity contribution >= 4 is 22.8 Å². The Hall–Kier alpha value is -3.09. The van der Waals surface area contributed by atoms with Gasteiger partial charge in [-0.2, -0.15) is 0 Å². The van der Waals surface area contributed by atoms with Gasteiger partial charge in [0, 0.05) is 36.5 Å². The van der Waals surface area contributed by atoms with Crippen molar-refractivity contribution < 1.29 is 23.8 Å². The lowest BCUT2D eigenvalue weighted by Gasteiger charge is -2.30. The second kappa shape index (κ2) is 9.15. The van der Waals surface area contributed by atoms with Crippen LogP contribution < -0.4 is 10.4 Å². The molecule has 160 valence electrons. The molecule has 1 saturated heterocycles. The lowest BCUT2D eigenvalue weighted by Crippen LogP contribution is -2.40. The molecule has 1 aromatic heterocycles. The van der Waals surface area contributed by atoms with Crippen LogP contribution in [0.1, 0.15) is 37.3 Å². The molecule has 0 bridgehead atoms. The van der Waals surface area contributed by atoms with Crippen LogP contribution in [0.2, 0.25) is 0 Å². The number of rotatable bonds is 7. The van der Waals surface area contributed by atoms with Gasteiger partial charge < -0.3 is 19.2 Å². The Morgan fingerprint density at radius 3 is 2.63 bits per heavy atom. The number of likely N-dealkylation sites (tertiary alicyclic amines) is 1. The monoisotopic (exact) mass is 413 g/mol. The fourth-order valence-electron chi connectivity index (χ4n) is 3.73. The highest BCUT2D eigenvalue weighted by atomic mass is 16.5. The van der Waals surface area contributed by atoms with Crippen LogP contribution >= 0.6 is 0 Å². The van der Waals surface area contributed by atoms with Gasteiger partial charge in [0.05, 0.1) is 5.92 Å². The molecule has 30 heavy (non-hydrogen) atoms. The van der Waals surface area contributed by atoms with Crippen molar-refractivity contribution in [2.45, 2.75) is 39.5 Å². The van der Waals surface area contributed by atoms with E-state index < -0.39 is 11.6 Å². The number of aliphatic carboxylic acids is 1. The summed E-state index contributed by atoms with van der Waals surface area (Å²) in [7, 11) is 0. The van der Waals surface area contributed by atoms with Crippen molar-refractivity contribution in [2.75, 3.05) is 19.7 Å². The summed E-state index contributed by atoms with van der Waals surface area (Å²) >= 11 is 0. The maximum absolute atomic E-state index is 12.5. The molecule has 2 heterocycles. The van der Waals surface area contributed by atoms with Gasteiger partial charge in [0.15, 0.2) is 0 Å². The molecule has 1 aliphatic heterocycles. The number of nitrogens with zero attached hydrogens (tertiary/aromatic N) is 1. The smallest absolute Gasteiger partial charge is 0.339 e. The zero-order valence-electron chi connectivity index (χ0n) is 17.4. The van der Waals surface area contributed by atoms with E-state index in [2.05, 4.69) is 6.58 Å². The van der Waals surface area contributed by atoms with E-state index in [1.165, 1.54) is 0 Å². The van der Waals surface area contributed by atoms with Gasteiger partial charge in [-0.15, -0.1) is 0 Å². The Bertz CT molecular complexity index is 1030. The van der Waals surface area contributed by atoms with Crippen LogP contribution in [-0.4, -0.2) is 41.6 Å². The van der Waals surface area contributed by atoms with E-state index in [1.54, 1.807) is 11.0 Å². The van der Waals surface area contributed by atoms with Gasteiger partial charge in [0.1, 0.15) is 17.9 Å². The van der Waals surface area contributed by atoms with Gasteiger partial charge in [0.25, 0.3) is 0 Å². The predicted octanol–water partition coefficient (Wildman–Crippen LogP) is 3.31. The average molecular weight is 413 g/mol. The molecule has 1 aromatic carbocycles. The molecular formula is C23H27NO6. The number of carbonyl (C=O) groups is 2. The number of fused-ring (bicyclic) bond motifs is 1. The molecule has 0 unspecified atom stereocenters. The first-order chi connectivity index (χ1) is 14.3. The second-order valence-corrected chi connectivity index (χ2v) is 7.89. The molecule has 0 saturated carbocycles. The summed E-state index contributed by atoms with van der Waals surface area (Å²) in [6, 6.07) is 5.36. The van der Waals surface area contributed by atoms with Crippen LogP contribution in [0.3, 0.4) is 0 Å². The summed E-state index contributed by atoms with van der Waals surface area (Å²) in [6.45, 7) is 8.78. The van der Waals surface area contributed by atoms with Gasteiger partial charge in [-0.3, -0.25) is 9.59 Å². The van der Waals surface area contributed by atoms with E-state index in [1.807, 2.05) is 26.0 Å². The molecular weight excluding hydrogens is 386 g/mol. The summed E-state index contributed by atoms with van der Waals surface area (Å²) in [5, 5.41) is 9.88. The van der Waals surface area contributed by atoms with Gasteiger partial charge in [-0.1, -0.05) is 6.58 Å². The van der Waals surface area contributed by atoms with Crippen molar-refractivity contribution in [3.8, 4) is 5.75 Å². The van der Waals surface area contributed by atoms with E-state index in [4.69, 9.17) is 14.3 Å². The molecule has 0 radical (unpaired) electrons. The van der Waals surface area contributed by atoms with Crippen LogP contribution in [0, 0.1) is 12.8 Å². The van der Waals surface area contributed by atoms with Gasteiger partial charge >= 0.3 is 11.6 Å². The van der Waals surface area contributed by atoms with Gasteiger partial charge in [0.2, 0.25) is 5.91 Å². The number of amides is 1. The minimum absolute atomic E-state index is 0.0683. The third-order valence-corrected chi connectivity index (χ3v) is 5.53. The highest BCUT2D eigenvalue weighted by Gasteiger charge is 2.27. The minimum atomic E-state index is -0.806. The normalized spacial score (nSPS) is 14.7. The van der Waals surface area contributed by atoms with E-state index in [-0.39, 0.29) is 24.7 Å². The largest absolute Gasteiger partial charge is 0.489 e. The lowest BCUT2D eigenvalue weighted by atomic mass is 9.96. The van der Waals surface area contributed by atoms with Crippen LogP contribution in [-0.2, 0) is 16.0 Å². The number of benzene rings is 1. The minimum Gasteiger partial charge on any atom is -0.489 e. The molecule has 0 aliphatic carbocycles. The first-order valence-electron chi connectivity index (χ1n) is 10.1. The zero-order valence-corrected chi connectivity index (χ0v) is 17.4. The topological polar surface area (TPSA) is 97.0 Å². The Labute approximate surface area is 174 Å². The van der Waals surface area contributed by atoms with E-state index in [0.29, 0.717) is 49.4 Å². The molecule has 1 amide bonds. The standard InChI is InChI=1S/C23H27NO6/c1-14(2)13-29-17-4-5-18-15(3)19(23(28)30-20(18)12-17)6-7-21(25)24-10-8-16(9-11-24)22(26)27/h4-5,12,16H,1,6-11,13H2,2-3H3,(H,26,27). The third kappa shape index (κ3) is 4.90. The number of hydrogen-bond acceptors (Lipinski definition) is 5. The number of aryl methyl sites for hydroxylation is 1. The number of carboxylic acids is 1. The van der Waals surface area contributed by atoms with E-state index >= 15 is 0 Å². The Balaban J connectivity index is 1.69. The molecule has 3 rings (SSSR count). The fraction of sp³-hybridized carbons (Fsp3) is 0.435. The van der Waals surface area contributed by atoms with E-state index in [9.17, 15) is 14.4 Å². The van der Waals surface area contributed by atoms with Crippen molar-refractivity contribution in [1.82, 2.24) is 4.90 Å². The van der Waals surface area contributed by atoms with Crippen molar-refractivity contribution in [3.63, 3.8) is 0 Å². The SMILES string of the molecule is C=C(C)COc1ccc2c(C)c(CCC(=O)N3CCC(C(=O)O)CC3)c(=O)oc2c1. The quantitative estimate of drug-likeness (QED) is 0.553. The molecule has 0 atom stereocenters. The first kappa shape index (κ1) is 21.6. The van der Waals surface area contributed by atoms with Crippen LogP contribution in [0.5, 0.6) is 5.75 Å². The summed E-state index contributed by atoms with van der Waals surface area (Å²) in [4.78, 5) is 37.8. The maximum Gasteiger partial charge on any atom is 0.339 e. The number of carbonyl (C=O) groups excluding carboxylic acids is 1. The van der Waals surface area contributed by atoms with Crippen molar-refractivity contribution in [1.29, 1.82) is 0 Å². The molecule has 1 fully saturated rings. The summed E-state index contributed by atoms with van der Waals surface area (Å²) < 4.78 is 11.1. The van der Waals surface area contributed by atoms with E-state index in [0.717, 1.165) is 16.5 Å². The predicted molar refractivity (Wildman–Crippen MR) is 113 cm³/mol. The first-order valence-corrected chi connectivity index (χ1v) is 10.1. The Morgan fingerprint density at radius 1 is 1.30 bits per heavy atom. The maximum atomic E-state index is 12.5.